The monoisotopic (exact) mass is 300 g/mol. The fourth-order valence-electron chi connectivity index (χ4n) is 2.68. The Labute approximate surface area is 124 Å². The molecule has 3 N–H and O–H groups in total. The van der Waals surface area contributed by atoms with Crippen LogP contribution in [0.2, 0.25) is 0 Å². The minimum atomic E-state index is -1.13. The third kappa shape index (κ3) is 4.70. The van der Waals surface area contributed by atoms with Crippen molar-refractivity contribution >= 4 is 17.8 Å². The molecule has 0 radical (unpaired) electrons. The number of hydrogen-bond donors (Lipinski definition) is 3. The predicted molar refractivity (Wildman–Crippen MR) is 75.6 cm³/mol. The average Bonchev–Trinajstić information content (AvgIpc) is 2.92. The van der Waals surface area contributed by atoms with Gasteiger partial charge in [0.2, 0.25) is 5.91 Å². The van der Waals surface area contributed by atoms with Crippen LogP contribution < -0.4 is 10.6 Å². The van der Waals surface area contributed by atoms with Crippen LogP contribution in [-0.2, 0) is 19.1 Å². The van der Waals surface area contributed by atoms with Crippen molar-refractivity contribution in [3.05, 3.63) is 0 Å². The largest absolute Gasteiger partial charge is 0.480 e. The van der Waals surface area contributed by atoms with Crippen molar-refractivity contribution in [2.75, 3.05) is 20.2 Å². The first-order valence-electron chi connectivity index (χ1n) is 7.26. The van der Waals surface area contributed by atoms with E-state index in [1.165, 1.54) is 7.11 Å². The molecule has 1 unspecified atom stereocenters. The van der Waals surface area contributed by atoms with Crippen LogP contribution in [0.3, 0.4) is 0 Å². The van der Waals surface area contributed by atoms with Crippen LogP contribution in [0.4, 0.5) is 0 Å². The van der Waals surface area contributed by atoms with Gasteiger partial charge in [0, 0.05) is 13.0 Å². The van der Waals surface area contributed by atoms with E-state index >= 15 is 0 Å². The summed E-state index contributed by atoms with van der Waals surface area (Å²) >= 11 is 0. The molecule has 1 saturated heterocycles. The zero-order valence-corrected chi connectivity index (χ0v) is 12.6. The summed E-state index contributed by atoms with van der Waals surface area (Å²) in [6, 6.07) is -1.06. The molecule has 0 spiro atoms. The van der Waals surface area contributed by atoms with Crippen LogP contribution >= 0.6 is 0 Å². The van der Waals surface area contributed by atoms with E-state index in [0.29, 0.717) is 13.0 Å². The molecule has 0 aromatic heterocycles. The summed E-state index contributed by atoms with van der Waals surface area (Å²) < 4.78 is 4.49. The van der Waals surface area contributed by atoms with Gasteiger partial charge in [-0.05, 0) is 25.8 Å². The first kappa shape index (κ1) is 17.4. The maximum atomic E-state index is 12.5. The first-order chi connectivity index (χ1) is 9.95. The first-order valence-corrected chi connectivity index (χ1v) is 7.26. The summed E-state index contributed by atoms with van der Waals surface area (Å²) in [5.41, 5.74) is -0.534. The van der Waals surface area contributed by atoms with Crippen molar-refractivity contribution < 1.29 is 24.2 Å². The van der Waals surface area contributed by atoms with Crippen LogP contribution in [0.1, 0.15) is 39.0 Å². The smallest absolute Gasteiger partial charge is 0.326 e. The van der Waals surface area contributed by atoms with Crippen molar-refractivity contribution in [1.29, 1.82) is 0 Å². The molecule has 0 aromatic rings. The lowest BCUT2D eigenvalue weighted by Gasteiger charge is -2.28. The Bertz CT molecular complexity index is 391. The standard InChI is InChI=1S/C14H24N2O5/c1-3-6-14(7-8-15-9-14)13(20)16-10(12(18)19)4-5-11(17)21-2/h10,15H,3-9H2,1-2H3,(H,16,20)(H,18,19)/t10-,14?/m0/s1. The summed E-state index contributed by atoms with van der Waals surface area (Å²) in [6.45, 7) is 3.32. The van der Waals surface area contributed by atoms with Crippen LogP contribution in [0.15, 0.2) is 0 Å². The van der Waals surface area contributed by atoms with Crippen molar-refractivity contribution in [2.45, 2.75) is 45.1 Å². The molecule has 2 atom stereocenters. The number of aliphatic carboxylic acids is 1. The SMILES string of the molecule is CCCC1(C(=O)N[C@@H](CCC(=O)OC)C(=O)O)CCNC1. The molecule has 21 heavy (non-hydrogen) atoms. The molecule has 7 heteroatoms. The van der Waals surface area contributed by atoms with Crippen molar-refractivity contribution in [3.8, 4) is 0 Å². The Kier molecular flexibility index (Phi) is 6.61. The number of carbonyl (C=O) groups excluding carboxylic acids is 2. The molecule has 1 amide bonds. The molecular formula is C14H24N2O5. The number of carbonyl (C=O) groups is 3. The molecule has 1 fully saturated rings. The van der Waals surface area contributed by atoms with E-state index in [-0.39, 0.29) is 18.7 Å². The highest BCUT2D eigenvalue weighted by Gasteiger charge is 2.41. The van der Waals surface area contributed by atoms with Gasteiger partial charge < -0.3 is 20.5 Å². The second-order valence-corrected chi connectivity index (χ2v) is 5.44. The van der Waals surface area contributed by atoms with E-state index in [4.69, 9.17) is 0 Å². The molecule has 0 bridgehead atoms. The number of methoxy groups -OCH3 is 1. The van der Waals surface area contributed by atoms with Crippen molar-refractivity contribution in [3.63, 3.8) is 0 Å². The highest BCUT2D eigenvalue weighted by atomic mass is 16.5. The number of amides is 1. The average molecular weight is 300 g/mol. The second-order valence-electron chi connectivity index (χ2n) is 5.44. The maximum Gasteiger partial charge on any atom is 0.326 e. The highest BCUT2D eigenvalue weighted by Crippen LogP contribution is 2.31. The van der Waals surface area contributed by atoms with Gasteiger partial charge in [0.05, 0.1) is 12.5 Å². The molecule has 0 aliphatic carbocycles. The van der Waals surface area contributed by atoms with Gasteiger partial charge in [-0.15, -0.1) is 0 Å². The zero-order chi connectivity index (χ0) is 15.9. The molecule has 1 aliphatic heterocycles. The summed E-state index contributed by atoms with van der Waals surface area (Å²) in [7, 11) is 1.25. The summed E-state index contributed by atoms with van der Waals surface area (Å²) in [5.74, 6) is -1.86. The maximum absolute atomic E-state index is 12.5. The number of carboxylic acids is 1. The number of rotatable bonds is 8. The summed E-state index contributed by atoms with van der Waals surface area (Å²) in [6.07, 6.45) is 2.27. The van der Waals surface area contributed by atoms with Crippen LogP contribution in [0.25, 0.3) is 0 Å². The van der Waals surface area contributed by atoms with E-state index in [2.05, 4.69) is 15.4 Å². The molecule has 0 saturated carbocycles. The van der Waals surface area contributed by atoms with E-state index in [1.54, 1.807) is 0 Å². The van der Waals surface area contributed by atoms with Gasteiger partial charge in [-0.3, -0.25) is 9.59 Å². The Morgan fingerprint density at radius 2 is 2.14 bits per heavy atom. The van der Waals surface area contributed by atoms with Crippen molar-refractivity contribution in [1.82, 2.24) is 10.6 Å². The number of hydrogen-bond acceptors (Lipinski definition) is 5. The lowest BCUT2D eigenvalue weighted by Crippen LogP contribution is -2.49. The lowest BCUT2D eigenvalue weighted by molar-refractivity contribution is -0.145. The Morgan fingerprint density at radius 3 is 2.62 bits per heavy atom. The van der Waals surface area contributed by atoms with Gasteiger partial charge in [-0.2, -0.15) is 0 Å². The van der Waals surface area contributed by atoms with E-state index in [9.17, 15) is 19.5 Å². The van der Waals surface area contributed by atoms with Gasteiger partial charge in [0.25, 0.3) is 0 Å². The molecule has 0 aromatic carbocycles. The Hall–Kier alpha value is -1.63. The number of ether oxygens (including phenoxy) is 1. The normalized spacial score (nSPS) is 22.6. The molecular weight excluding hydrogens is 276 g/mol. The topological polar surface area (TPSA) is 105 Å². The van der Waals surface area contributed by atoms with Gasteiger partial charge in [0.1, 0.15) is 6.04 Å². The second kappa shape index (κ2) is 7.97. The fraction of sp³-hybridized carbons (Fsp3) is 0.786. The number of esters is 1. The third-order valence-corrected chi connectivity index (χ3v) is 3.92. The minimum absolute atomic E-state index is 0.0311. The molecule has 7 nitrogen and oxygen atoms in total. The lowest BCUT2D eigenvalue weighted by atomic mass is 9.81. The Balaban J connectivity index is 2.66. The minimum Gasteiger partial charge on any atom is -0.480 e. The van der Waals surface area contributed by atoms with Gasteiger partial charge in [-0.25, -0.2) is 4.79 Å². The van der Waals surface area contributed by atoms with E-state index in [1.807, 2.05) is 6.92 Å². The Morgan fingerprint density at radius 1 is 1.43 bits per heavy atom. The van der Waals surface area contributed by atoms with Crippen LogP contribution in [0, 0.1) is 5.41 Å². The summed E-state index contributed by atoms with van der Waals surface area (Å²) in [5, 5.41) is 14.9. The van der Waals surface area contributed by atoms with Crippen molar-refractivity contribution in [2.24, 2.45) is 5.41 Å². The quantitative estimate of drug-likeness (QED) is 0.556. The van der Waals surface area contributed by atoms with Gasteiger partial charge in [0.15, 0.2) is 0 Å². The van der Waals surface area contributed by atoms with Crippen LogP contribution in [0.5, 0.6) is 0 Å². The van der Waals surface area contributed by atoms with Gasteiger partial charge in [-0.1, -0.05) is 13.3 Å². The molecule has 1 rings (SSSR count). The van der Waals surface area contributed by atoms with E-state index in [0.717, 1.165) is 19.4 Å². The molecule has 1 aliphatic rings. The van der Waals surface area contributed by atoms with Crippen LogP contribution in [-0.4, -0.2) is 49.2 Å². The number of nitrogens with one attached hydrogen (secondary N) is 2. The predicted octanol–water partition coefficient (Wildman–Crippen LogP) is 0.289. The molecule has 1 heterocycles. The third-order valence-electron chi connectivity index (χ3n) is 3.92. The van der Waals surface area contributed by atoms with E-state index < -0.39 is 23.4 Å². The fourth-order valence-corrected chi connectivity index (χ4v) is 2.68. The summed E-state index contributed by atoms with van der Waals surface area (Å²) in [4.78, 5) is 34.8. The van der Waals surface area contributed by atoms with Gasteiger partial charge >= 0.3 is 11.9 Å². The number of carboxylic acid groups (broad SMARTS) is 1. The zero-order valence-electron chi connectivity index (χ0n) is 12.6. The highest BCUT2D eigenvalue weighted by molar-refractivity contribution is 5.88. The molecule has 120 valence electrons.